The maximum absolute atomic E-state index is 4.41. The lowest BCUT2D eigenvalue weighted by molar-refractivity contribution is 0.720. The Balaban J connectivity index is 2.26. The number of hydrogen-bond acceptors (Lipinski definition) is 2. The highest BCUT2D eigenvalue weighted by molar-refractivity contribution is 5.83. The van der Waals surface area contributed by atoms with E-state index in [0.717, 1.165) is 23.3 Å². The Hall–Kier alpha value is -1.64. The second kappa shape index (κ2) is 4.26. The van der Waals surface area contributed by atoms with Gasteiger partial charge in [-0.25, -0.2) is 4.98 Å². The maximum Gasteiger partial charge on any atom is 0.149 e. The van der Waals surface area contributed by atoms with E-state index in [1.165, 1.54) is 0 Å². The Bertz CT molecular complexity index is 437. The molecule has 1 aromatic heterocycles. The maximum atomic E-state index is 4.41. The van der Waals surface area contributed by atoms with Gasteiger partial charge in [-0.05, 0) is 25.5 Å². The van der Waals surface area contributed by atoms with Gasteiger partial charge in [0.15, 0.2) is 0 Å². The van der Waals surface area contributed by atoms with E-state index < -0.39 is 0 Å². The molecule has 0 fully saturated rings. The van der Waals surface area contributed by atoms with Gasteiger partial charge in [0.05, 0.1) is 17.2 Å². The zero-order chi connectivity index (χ0) is 10.7. The average molecular weight is 201 g/mol. The van der Waals surface area contributed by atoms with Crippen LogP contribution in [0.25, 0.3) is 11.0 Å². The van der Waals surface area contributed by atoms with Crippen molar-refractivity contribution in [2.24, 2.45) is 4.99 Å². The first kappa shape index (κ1) is 9.90. The van der Waals surface area contributed by atoms with Crippen molar-refractivity contribution in [2.75, 3.05) is 0 Å². The third-order valence-corrected chi connectivity index (χ3v) is 2.45. The number of nitrogens with one attached hydrogen (secondary N) is 1. The van der Waals surface area contributed by atoms with Crippen LogP contribution in [0.4, 0.5) is 0 Å². The molecular formula is C12H15N3. The summed E-state index contributed by atoms with van der Waals surface area (Å²) in [4.78, 5) is 12.0. The van der Waals surface area contributed by atoms with E-state index in [-0.39, 0.29) is 0 Å². The summed E-state index contributed by atoms with van der Waals surface area (Å²) in [6, 6.07) is 8.35. The van der Waals surface area contributed by atoms with Crippen LogP contribution in [-0.2, 0) is 0 Å². The third-order valence-electron chi connectivity index (χ3n) is 2.45. The second-order valence-electron chi connectivity index (χ2n) is 3.67. The number of hydrogen-bond donors (Lipinski definition) is 1. The first-order valence-electron chi connectivity index (χ1n) is 5.27. The first-order chi connectivity index (χ1) is 7.29. The Kier molecular flexibility index (Phi) is 2.81. The van der Waals surface area contributed by atoms with Gasteiger partial charge in [-0.3, -0.25) is 4.99 Å². The molecule has 3 nitrogen and oxygen atoms in total. The molecule has 0 saturated heterocycles. The number of H-pyrrole nitrogens is 1. The molecule has 0 radical (unpaired) electrons. The summed E-state index contributed by atoms with van der Waals surface area (Å²) in [5.74, 6) is 0.830. The number of imidazole rings is 1. The first-order valence-corrected chi connectivity index (χ1v) is 5.27. The van der Waals surface area contributed by atoms with Gasteiger partial charge in [0.25, 0.3) is 0 Å². The number of rotatable bonds is 3. The fraction of sp³-hybridized carbons (Fsp3) is 0.333. The van der Waals surface area contributed by atoms with Crippen LogP contribution in [0, 0.1) is 0 Å². The number of benzene rings is 1. The number of aliphatic imine (C=N–C) groups is 1. The lowest BCUT2D eigenvalue weighted by Crippen LogP contribution is -1.96. The minimum Gasteiger partial charge on any atom is -0.337 e. The molecule has 78 valence electrons. The number of aromatic amines is 1. The second-order valence-corrected chi connectivity index (χ2v) is 3.67. The van der Waals surface area contributed by atoms with Gasteiger partial charge in [0, 0.05) is 6.04 Å². The predicted octanol–water partition coefficient (Wildman–Crippen LogP) is 2.78. The van der Waals surface area contributed by atoms with Gasteiger partial charge in [-0.1, -0.05) is 19.1 Å². The summed E-state index contributed by atoms with van der Waals surface area (Å²) < 4.78 is 0. The molecule has 2 rings (SSSR count). The topological polar surface area (TPSA) is 41.0 Å². The highest BCUT2D eigenvalue weighted by atomic mass is 14.9. The van der Waals surface area contributed by atoms with Crippen molar-refractivity contribution in [2.45, 2.75) is 26.3 Å². The Morgan fingerprint density at radius 2 is 2.27 bits per heavy atom. The van der Waals surface area contributed by atoms with Crippen LogP contribution in [0.3, 0.4) is 0 Å². The summed E-state index contributed by atoms with van der Waals surface area (Å²) in [6.07, 6.45) is 2.87. The number of para-hydroxylation sites is 2. The molecule has 0 aliphatic rings. The highest BCUT2D eigenvalue weighted by Gasteiger charge is 1.99. The van der Waals surface area contributed by atoms with E-state index in [4.69, 9.17) is 0 Å². The van der Waals surface area contributed by atoms with Crippen molar-refractivity contribution >= 4 is 17.2 Å². The van der Waals surface area contributed by atoms with Gasteiger partial charge < -0.3 is 4.98 Å². The average Bonchev–Trinajstić information content (AvgIpc) is 2.68. The van der Waals surface area contributed by atoms with Crippen molar-refractivity contribution < 1.29 is 0 Å². The van der Waals surface area contributed by atoms with Crippen molar-refractivity contribution in [1.29, 1.82) is 0 Å². The molecule has 1 atom stereocenters. The molecular weight excluding hydrogens is 186 g/mol. The van der Waals surface area contributed by atoms with Crippen LogP contribution in [-0.4, -0.2) is 22.2 Å². The van der Waals surface area contributed by atoms with Crippen LogP contribution in [0.5, 0.6) is 0 Å². The monoisotopic (exact) mass is 201 g/mol. The van der Waals surface area contributed by atoms with Gasteiger partial charge in [0.1, 0.15) is 5.82 Å². The largest absolute Gasteiger partial charge is 0.337 e. The molecule has 1 aromatic carbocycles. The van der Waals surface area contributed by atoms with Gasteiger partial charge >= 0.3 is 0 Å². The molecule has 0 aliphatic heterocycles. The zero-order valence-corrected chi connectivity index (χ0v) is 9.07. The van der Waals surface area contributed by atoms with E-state index in [9.17, 15) is 0 Å². The van der Waals surface area contributed by atoms with E-state index in [1.54, 1.807) is 0 Å². The quantitative estimate of drug-likeness (QED) is 0.762. The molecule has 0 saturated carbocycles. The van der Waals surface area contributed by atoms with Crippen molar-refractivity contribution in [3.8, 4) is 0 Å². The normalized spacial score (nSPS) is 13.7. The molecule has 0 amide bonds. The smallest absolute Gasteiger partial charge is 0.149 e. The Morgan fingerprint density at radius 3 is 3.00 bits per heavy atom. The van der Waals surface area contributed by atoms with E-state index >= 15 is 0 Å². The van der Waals surface area contributed by atoms with Crippen LogP contribution in [0.1, 0.15) is 26.1 Å². The van der Waals surface area contributed by atoms with Crippen molar-refractivity contribution in [3.05, 3.63) is 30.1 Å². The third kappa shape index (κ3) is 2.24. The minimum absolute atomic E-state index is 0.359. The summed E-state index contributed by atoms with van der Waals surface area (Å²) in [5, 5.41) is 0. The molecule has 2 aromatic rings. The lowest BCUT2D eigenvalue weighted by atomic mass is 10.3. The van der Waals surface area contributed by atoms with Crippen molar-refractivity contribution in [1.82, 2.24) is 9.97 Å². The summed E-state index contributed by atoms with van der Waals surface area (Å²) >= 11 is 0. The molecule has 0 aliphatic carbocycles. The minimum atomic E-state index is 0.359. The summed E-state index contributed by atoms with van der Waals surface area (Å²) in [6.45, 7) is 4.22. The molecule has 1 heterocycles. The van der Waals surface area contributed by atoms with E-state index in [2.05, 4.69) is 28.8 Å². The number of nitrogens with zero attached hydrogens (tertiary/aromatic N) is 2. The predicted molar refractivity (Wildman–Crippen MR) is 63.4 cm³/mol. The van der Waals surface area contributed by atoms with Crippen LogP contribution in [0.15, 0.2) is 29.3 Å². The molecule has 0 bridgehead atoms. The molecule has 3 heteroatoms. The van der Waals surface area contributed by atoms with Gasteiger partial charge in [-0.2, -0.15) is 0 Å². The summed E-state index contributed by atoms with van der Waals surface area (Å²) in [7, 11) is 0. The Morgan fingerprint density at radius 1 is 1.47 bits per heavy atom. The molecule has 0 spiro atoms. The van der Waals surface area contributed by atoms with E-state index in [0.29, 0.717) is 6.04 Å². The summed E-state index contributed by atoms with van der Waals surface area (Å²) in [5.41, 5.74) is 2.05. The zero-order valence-electron chi connectivity index (χ0n) is 9.07. The highest BCUT2D eigenvalue weighted by Crippen LogP contribution is 2.09. The fourth-order valence-electron chi connectivity index (χ4n) is 1.34. The lowest BCUT2D eigenvalue weighted by Gasteiger charge is -1.97. The number of aromatic nitrogens is 2. The van der Waals surface area contributed by atoms with Crippen molar-refractivity contribution in [3.63, 3.8) is 0 Å². The van der Waals surface area contributed by atoms with Crippen LogP contribution >= 0.6 is 0 Å². The number of fused-ring (bicyclic) bond motifs is 1. The Labute approximate surface area is 89.3 Å². The fourth-order valence-corrected chi connectivity index (χ4v) is 1.34. The van der Waals surface area contributed by atoms with E-state index in [1.807, 2.05) is 30.5 Å². The molecule has 1 N–H and O–H groups in total. The van der Waals surface area contributed by atoms with Gasteiger partial charge in [-0.15, -0.1) is 0 Å². The standard InChI is InChI=1S/C12H15N3/c1-3-9(2)13-8-12-14-10-6-4-5-7-11(10)15-12/h4-9H,3H2,1-2H3,(H,14,15)/b13-8+. The SMILES string of the molecule is CCC(C)/N=C/c1nc2ccccc2[nH]1. The van der Waals surface area contributed by atoms with Crippen LogP contribution in [0.2, 0.25) is 0 Å². The molecule has 15 heavy (non-hydrogen) atoms. The van der Waals surface area contributed by atoms with Gasteiger partial charge in [0.2, 0.25) is 0 Å². The molecule has 1 unspecified atom stereocenters. The van der Waals surface area contributed by atoms with Crippen LogP contribution < -0.4 is 0 Å².